The van der Waals surface area contributed by atoms with Gasteiger partial charge in [-0.1, -0.05) is 36.4 Å². The van der Waals surface area contributed by atoms with Crippen molar-refractivity contribution in [3.63, 3.8) is 0 Å². The molecule has 1 fully saturated rings. The lowest BCUT2D eigenvalue weighted by molar-refractivity contribution is -0.141. The summed E-state index contributed by atoms with van der Waals surface area (Å²) in [6, 6.07) is 16.3. The van der Waals surface area contributed by atoms with Gasteiger partial charge in [0.25, 0.3) is 11.8 Å². The number of carboxylic acid groups (broad SMARTS) is 1. The predicted octanol–water partition coefficient (Wildman–Crippen LogP) is 2.21. The molecule has 4 N–H and O–H groups in total. The van der Waals surface area contributed by atoms with E-state index in [0.29, 0.717) is 24.0 Å². The number of carbonyl (C=O) groups excluding carboxylic acids is 2. The number of hydrogen-bond acceptors (Lipinski definition) is 7. The molecule has 202 valence electrons. The van der Waals surface area contributed by atoms with E-state index in [2.05, 4.69) is 5.32 Å². The predicted molar refractivity (Wildman–Crippen MR) is 143 cm³/mol. The highest BCUT2D eigenvalue weighted by Gasteiger charge is 2.33. The number of carbonyl (C=O) groups is 3. The van der Waals surface area contributed by atoms with Crippen molar-refractivity contribution >= 4 is 38.4 Å². The number of piperidine rings is 1. The fraction of sp³-hybridized carbons (Fsp3) is 0.286. The zero-order chi connectivity index (χ0) is 28.2. The fourth-order valence-corrected chi connectivity index (χ4v) is 5.78. The summed E-state index contributed by atoms with van der Waals surface area (Å²) in [5.74, 6) is -2.84. The molecule has 10 nitrogen and oxygen atoms in total. The molecule has 4 rings (SSSR count). The Labute approximate surface area is 225 Å². The van der Waals surface area contributed by atoms with E-state index in [1.165, 1.54) is 30.3 Å². The van der Waals surface area contributed by atoms with Crippen LogP contribution in [0.1, 0.15) is 40.7 Å². The van der Waals surface area contributed by atoms with Gasteiger partial charge in [-0.05, 0) is 59.9 Å². The normalized spacial score (nSPS) is 15.2. The van der Waals surface area contributed by atoms with E-state index in [1.807, 2.05) is 12.1 Å². The van der Waals surface area contributed by atoms with Crippen LogP contribution in [0.15, 0.2) is 65.6 Å². The Kier molecular flexibility index (Phi) is 8.28. The maximum absolute atomic E-state index is 13.0. The van der Waals surface area contributed by atoms with Gasteiger partial charge in [0, 0.05) is 19.5 Å². The quantitative estimate of drug-likeness (QED) is 0.385. The number of hydrogen-bond donors (Lipinski definition) is 3. The second kappa shape index (κ2) is 11.6. The number of aliphatic carboxylic acids is 1. The highest BCUT2D eigenvalue weighted by atomic mass is 32.2. The van der Waals surface area contributed by atoms with Crippen molar-refractivity contribution in [1.29, 1.82) is 5.26 Å². The Morgan fingerprint density at radius 3 is 2.36 bits per heavy atom. The maximum atomic E-state index is 13.0. The first-order chi connectivity index (χ1) is 18.6. The minimum absolute atomic E-state index is 0.0918. The van der Waals surface area contributed by atoms with Crippen molar-refractivity contribution < 1.29 is 27.9 Å². The summed E-state index contributed by atoms with van der Waals surface area (Å²) in [5.41, 5.74) is 6.50. The molecule has 1 unspecified atom stereocenters. The lowest BCUT2D eigenvalue weighted by Gasteiger charge is -2.27. The number of nitrogens with zero attached hydrogens (tertiary/aromatic N) is 2. The van der Waals surface area contributed by atoms with Gasteiger partial charge < -0.3 is 21.1 Å². The lowest BCUT2D eigenvalue weighted by Crippen LogP contribution is -2.52. The number of nitriles is 1. The van der Waals surface area contributed by atoms with Gasteiger partial charge in [0.2, 0.25) is 9.84 Å². The molecule has 0 aromatic heterocycles. The number of likely N-dealkylation sites (tertiary alicyclic amines) is 1. The molecular formula is C28H28N4O6S. The Bertz CT molecular complexity index is 1570. The molecule has 1 heterocycles. The van der Waals surface area contributed by atoms with Crippen LogP contribution in [0.5, 0.6) is 0 Å². The topological polar surface area (TPSA) is 171 Å². The summed E-state index contributed by atoms with van der Waals surface area (Å²) in [5, 5.41) is 20.9. The molecule has 0 radical (unpaired) electrons. The molecule has 1 aliphatic heterocycles. The first-order valence-electron chi connectivity index (χ1n) is 12.5. The lowest BCUT2D eigenvalue weighted by atomic mass is 9.98. The van der Waals surface area contributed by atoms with Gasteiger partial charge >= 0.3 is 5.97 Å². The van der Waals surface area contributed by atoms with E-state index in [0.717, 1.165) is 24.6 Å². The SMILES string of the molecule is N#Cc1cc(C[C@H](NC(=O)C(N)S(=O)(=O)c2ccc3ccccc3c2)C(=O)O)ccc1C(=O)N1CCCCC1. The van der Waals surface area contributed by atoms with Gasteiger partial charge in [0.15, 0.2) is 5.37 Å². The number of sulfone groups is 1. The highest BCUT2D eigenvalue weighted by Crippen LogP contribution is 2.22. The average molecular weight is 549 g/mol. The Morgan fingerprint density at radius 2 is 1.69 bits per heavy atom. The van der Waals surface area contributed by atoms with E-state index >= 15 is 0 Å². The smallest absolute Gasteiger partial charge is 0.326 e. The second-order valence-corrected chi connectivity index (χ2v) is 11.5. The summed E-state index contributed by atoms with van der Waals surface area (Å²) >= 11 is 0. The molecule has 39 heavy (non-hydrogen) atoms. The molecule has 0 spiro atoms. The third-order valence-electron chi connectivity index (χ3n) is 6.77. The van der Waals surface area contributed by atoms with Crippen molar-refractivity contribution in [2.45, 2.75) is 42.0 Å². The molecular weight excluding hydrogens is 520 g/mol. The van der Waals surface area contributed by atoms with Gasteiger partial charge in [-0.25, -0.2) is 13.2 Å². The van der Waals surface area contributed by atoms with E-state index in [4.69, 9.17) is 5.73 Å². The van der Waals surface area contributed by atoms with Crippen LogP contribution in [0.3, 0.4) is 0 Å². The van der Waals surface area contributed by atoms with Gasteiger partial charge in [0.05, 0.1) is 22.1 Å². The fourth-order valence-electron chi connectivity index (χ4n) is 4.59. The molecule has 3 aromatic rings. The molecule has 2 atom stereocenters. The molecule has 1 saturated heterocycles. The zero-order valence-electron chi connectivity index (χ0n) is 21.0. The third kappa shape index (κ3) is 6.08. The van der Waals surface area contributed by atoms with Crippen LogP contribution in [-0.2, 0) is 25.8 Å². The van der Waals surface area contributed by atoms with Crippen LogP contribution in [0.25, 0.3) is 10.8 Å². The van der Waals surface area contributed by atoms with Crippen LogP contribution in [0.4, 0.5) is 0 Å². The summed E-state index contributed by atoms with van der Waals surface area (Å²) in [4.78, 5) is 39.1. The summed E-state index contributed by atoms with van der Waals surface area (Å²) in [7, 11) is -4.32. The van der Waals surface area contributed by atoms with Crippen LogP contribution < -0.4 is 11.1 Å². The summed E-state index contributed by atoms with van der Waals surface area (Å²) < 4.78 is 26.1. The molecule has 11 heteroatoms. The minimum Gasteiger partial charge on any atom is -0.480 e. The van der Waals surface area contributed by atoms with Crippen molar-refractivity contribution in [2.75, 3.05) is 13.1 Å². The summed E-state index contributed by atoms with van der Waals surface area (Å²) in [6.07, 6.45) is 2.58. The van der Waals surface area contributed by atoms with E-state index in [1.54, 1.807) is 29.2 Å². The Hall–Kier alpha value is -4.27. The van der Waals surface area contributed by atoms with Gasteiger partial charge in [0.1, 0.15) is 6.04 Å². The second-order valence-electron chi connectivity index (χ2n) is 9.42. The first-order valence-corrected chi connectivity index (χ1v) is 14.0. The van der Waals surface area contributed by atoms with Gasteiger partial charge in [-0.2, -0.15) is 5.26 Å². The van der Waals surface area contributed by atoms with E-state index < -0.39 is 33.1 Å². The largest absolute Gasteiger partial charge is 0.480 e. The zero-order valence-corrected chi connectivity index (χ0v) is 21.9. The molecule has 1 aliphatic rings. The highest BCUT2D eigenvalue weighted by molar-refractivity contribution is 7.92. The Balaban J connectivity index is 1.50. The number of carboxylic acids is 1. The number of amides is 2. The van der Waals surface area contributed by atoms with Crippen LogP contribution in [0, 0.1) is 11.3 Å². The monoisotopic (exact) mass is 548 g/mol. The van der Waals surface area contributed by atoms with Crippen molar-refractivity contribution in [1.82, 2.24) is 10.2 Å². The van der Waals surface area contributed by atoms with Crippen LogP contribution in [-0.4, -0.2) is 60.7 Å². The van der Waals surface area contributed by atoms with Gasteiger partial charge in [-0.15, -0.1) is 0 Å². The van der Waals surface area contributed by atoms with Crippen molar-refractivity contribution in [3.05, 3.63) is 77.4 Å². The number of fused-ring (bicyclic) bond motifs is 1. The molecule has 0 bridgehead atoms. The van der Waals surface area contributed by atoms with Crippen molar-refractivity contribution in [2.24, 2.45) is 5.73 Å². The molecule has 0 aliphatic carbocycles. The van der Waals surface area contributed by atoms with E-state index in [-0.39, 0.29) is 28.4 Å². The molecule has 0 saturated carbocycles. The average Bonchev–Trinajstić information content (AvgIpc) is 2.95. The number of nitrogens with two attached hydrogens (primary N) is 1. The number of benzene rings is 3. The number of rotatable bonds is 8. The molecule has 3 aromatic carbocycles. The van der Waals surface area contributed by atoms with Crippen molar-refractivity contribution in [3.8, 4) is 6.07 Å². The third-order valence-corrected chi connectivity index (χ3v) is 8.57. The minimum atomic E-state index is -4.32. The standard InChI is InChI=1S/C28H28N4O6S/c29-17-21-14-18(8-11-23(21)27(34)32-12-4-1-5-13-32)15-24(28(35)36)31-26(33)25(30)39(37,38)22-10-9-19-6-2-3-7-20(19)16-22/h2-3,6-11,14,16,24-25H,1,4-5,12-13,15,30H2,(H,31,33)(H,35,36)/t24-,25?/m0/s1. The number of nitrogens with one attached hydrogen (secondary N) is 1. The maximum Gasteiger partial charge on any atom is 0.326 e. The molecule has 2 amide bonds. The Morgan fingerprint density at radius 1 is 1.00 bits per heavy atom. The van der Waals surface area contributed by atoms with Crippen LogP contribution in [0.2, 0.25) is 0 Å². The summed E-state index contributed by atoms with van der Waals surface area (Å²) in [6.45, 7) is 1.22. The van der Waals surface area contributed by atoms with E-state index in [9.17, 15) is 33.2 Å². The van der Waals surface area contributed by atoms with Crippen LogP contribution >= 0.6 is 0 Å². The van der Waals surface area contributed by atoms with Gasteiger partial charge in [-0.3, -0.25) is 9.59 Å². The first kappa shape index (κ1) is 27.8.